The highest BCUT2D eigenvalue weighted by molar-refractivity contribution is 7.85. The molecule has 5 heteroatoms. The fourth-order valence-electron chi connectivity index (χ4n) is 2.97. The van der Waals surface area contributed by atoms with Crippen LogP contribution in [0.1, 0.15) is 24.4 Å². The molecule has 2 aromatic rings. The molecule has 21 heavy (non-hydrogen) atoms. The lowest BCUT2D eigenvalue weighted by atomic mass is 10.1. The first-order chi connectivity index (χ1) is 10.2. The molecule has 2 heterocycles. The highest BCUT2D eigenvalue weighted by Crippen LogP contribution is 2.31. The van der Waals surface area contributed by atoms with E-state index in [9.17, 15) is 4.21 Å². The molecule has 0 saturated carbocycles. The molecule has 1 fully saturated rings. The summed E-state index contributed by atoms with van der Waals surface area (Å²) in [4.78, 5) is 3.37. The fourth-order valence-corrected chi connectivity index (χ4v) is 4.07. The summed E-state index contributed by atoms with van der Waals surface area (Å²) in [6.45, 7) is 1.96. The van der Waals surface area contributed by atoms with Crippen molar-refractivity contribution in [3.05, 3.63) is 48.3 Å². The summed E-state index contributed by atoms with van der Waals surface area (Å²) in [5, 5.41) is 4.27. The second-order valence-corrected chi connectivity index (χ2v) is 7.07. The summed E-state index contributed by atoms with van der Waals surface area (Å²) >= 11 is 0. The van der Waals surface area contributed by atoms with Gasteiger partial charge in [-0.3, -0.25) is 13.8 Å². The molecular weight excluding hydrogens is 282 g/mol. The molecule has 4 nitrogen and oxygen atoms in total. The second kappa shape index (κ2) is 6.54. The molecule has 112 valence electrons. The quantitative estimate of drug-likeness (QED) is 0.851. The largest absolute Gasteiger partial charge is 0.295 e. The molecule has 1 aliphatic rings. The zero-order valence-corrected chi connectivity index (χ0v) is 13.1. The molecule has 1 aromatic heterocycles. The minimum atomic E-state index is -0.908. The predicted octanol–water partition coefficient (Wildman–Crippen LogP) is 2.36. The molecule has 0 bridgehead atoms. The van der Waals surface area contributed by atoms with Gasteiger partial charge in [-0.2, -0.15) is 5.10 Å². The van der Waals surface area contributed by atoms with Crippen molar-refractivity contribution in [1.82, 2.24) is 14.7 Å². The Labute approximate surface area is 128 Å². The van der Waals surface area contributed by atoms with Gasteiger partial charge in [-0.25, -0.2) is 0 Å². The molecular formula is C16H21N3OS. The van der Waals surface area contributed by atoms with Crippen molar-refractivity contribution in [2.75, 3.05) is 18.8 Å². The summed E-state index contributed by atoms with van der Waals surface area (Å²) in [6, 6.07) is 10.2. The Morgan fingerprint density at radius 1 is 1.33 bits per heavy atom. The molecule has 2 atom stereocenters. The average Bonchev–Trinajstić information content (AvgIpc) is 3.14. The molecule has 0 spiro atoms. The normalized spacial score (nSPS) is 20.7. The summed E-state index contributed by atoms with van der Waals surface area (Å²) in [6.07, 6.45) is 6.43. The number of aryl methyl sites for hydroxylation is 1. The van der Waals surface area contributed by atoms with Gasteiger partial charge in [0.05, 0.1) is 17.0 Å². The maximum atomic E-state index is 12.3. The van der Waals surface area contributed by atoms with Crippen LogP contribution in [0.4, 0.5) is 0 Å². The van der Waals surface area contributed by atoms with E-state index in [1.54, 1.807) is 0 Å². The van der Waals surface area contributed by atoms with Crippen LogP contribution < -0.4 is 0 Å². The van der Waals surface area contributed by atoms with E-state index in [1.165, 1.54) is 18.4 Å². The van der Waals surface area contributed by atoms with Crippen molar-refractivity contribution < 1.29 is 4.21 Å². The van der Waals surface area contributed by atoms with Crippen molar-refractivity contribution in [3.63, 3.8) is 0 Å². The molecule has 1 aliphatic heterocycles. The van der Waals surface area contributed by atoms with Gasteiger partial charge in [0.25, 0.3) is 0 Å². The molecule has 0 aliphatic carbocycles. The van der Waals surface area contributed by atoms with Crippen LogP contribution in [0.5, 0.6) is 0 Å². The van der Waals surface area contributed by atoms with E-state index in [4.69, 9.17) is 0 Å². The highest BCUT2D eigenvalue weighted by Gasteiger charge is 2.26. The van der Waals surface area contributed by atoms with Gasteiger partial charge in [-0.15, -0.1) is 0 Å². The lowest BCUT2D eigenvalue weighted by Gasteiger charge is -2.23. The minimum absolute atomic E-state index is 0.437. The fraction of sp³-hybridized carbons (Fsp3) is 0.438. The van der Waals surface area contributed by atoms with Gasteiger partial charge in [-0.05, 0) is 31.5 Å². The lowest BCUT2D eigenvalue weighted by molar-refractivity contribution is 0.273. The van der Waals surface area contributed by atoms with Crippen LogP contribution in [0, 0.1) is 0 Å². The third-order valence-electron chi connectivity index (χ3n) is 4.04. The van der Waals surface area contributed by atoms with E-state index in [2.05, 4.69) is 16.2 Å². The molecule has 1 aromatic carbocycles. The Kier molecular flexibility index (Phi) is 4.51. The standard InChI is InChI=1S/C16H21N3OS/c1-18-13-14(12-17-18)16-8-5-9-19(16)10-11-21(20)15-6-3-2-4-7-15/h2-4,6-7,12-13,16H,5,8-11H2,1H3/t16-,21+/m0/s1. The lowest BCUT2D eigenvalue weighted by Crippen LogP contribution is -2.27. The van der Waals surface area contributed by atoms with Crippen LogP contribution in [-0.4, -0.2) is 37.7 Å². The van der Waals surface area contributed by atoms with Crippen LogP contribution >= 0.6 is 0 Å². The van der Waals surface area contributed by atoms with Gasteiger partial charge in [0.2, 0.25) is 0 Å². The number of aromatic nitrogens is 2. The first-order valence-corrected chi connectivity index (χ1v) is 8.72. The Morgan fingerprint density at radius 3 is 2.86 bits per heavy atom. The maximum Gasteiger partial charge on any atom is 0.0542 e. The number of benzene rings is 1. The summed E-state index contributed by atoms with van der Waals surface area (Å²) in [5.74, 6) is 0.695. The SMILES string of the molecule is Cn1cc([C@@H]2CCCN2CC[S@@](=O)c2ccccc2)cn1. The Hall–Kier alpha value is -1.46. The van der Waals surface area contributed by atoms with E-state index >= 15 is 0 Å². The zero-order chi connectivity index (χ0) is 14.7. The van der Waals surface area contributed by atoms with Gasteiger partial charge in [-0.1, -0.05) is 18.2 Å². The first-order valence-electron chi connectivity index (χ1n) is 7.40. The second-order valence-electron chi connectivity index (χ2n) is 5.50. The minimum Gasteiger partial charge on any atom is -0.295 e. The molecule has 1 saturated heterocycles. The van der Waals surface area contributed by atoms with Crippen LogP contribution in [-0.2, 0) is 17.8 Å². The van der Waals surface area contributed by atoms with Crippen molar-refractivity contribution in [2.45, 2.75) is 23.8 Å². The molecule has 0 radical (unpaired) electrons. The van der Waals surface area contributed by atoms with Crippen LogP contribution in [0.25, 0.3) is 0 Å². The number of likely N-dealkylation sites (tertiary alicyclic amines) is 1. The summed E-state index contributed by atoms with van der Waals surface area (Å²) < 4.78 is 14.2. The molecule has 3 rings (SSSR count). The van der Waals surface area contributed by atoms with Crippen molar-refractivity contribution in [2.24, 2.45) is 7.05 Å². The Morgan fingerprint density at radius 2 is 2.14 bits per heavy atom. The smallest absolute Gasteiger partial charge is 0.0542 e. The number of hydrogen-bond acceptors (Lipinski definition) is 3. The third kappa shape index (κ3) is 3.41. The summed E-state index contributed by atoms with van der Waals surface area (Å²) in [5.41, 5.74) is 1.28. The average molecular weight is 303 g/mol. The molecule has 0 N–H and O–H groups in total. The maximum absolute atomic E-state index is 12.3. The van der Waals surface area contributed by atoms with Crippen LogP contribution in [0.3, 0.4) is 0 Å². The van der Waals surface area contributed by atoms with Crippen molar-refractivity contribution >= 4 is 10.8 Å². The Balaban J connectivity index is 1.61. The van der Waals surface area contributed by atoms with Gasteiger partial charge in [0.1, 0.15) is 0 Å². The van der Waals surface area contributed by atoms with Crippen molar-refractivity contribution in [1.29, 1.82) is 0 Å². The number of nitrogens with zero attached hydrogens (tertiary/aromatic N) is 3. The molecule has 0 unspecified atom stereocenters. The monoisotopic (exact) mass is 303 g/mol. The van der Waals surface area contributed by atoms with E-state index in [1.807, 2.05) is 48.3 Å². The van der Waals surface area contributed by atoms with Crippen molar-refractivity contribution in [3.8, 4) is 0 Å². The van der Waals surface area contributed by atoms with E-state index in [0.29, 0.717) is 11.8 Å². The predicted molar refractivity (Wildman–Crippen MR) is 84.5 cm³/mol. The number of hydrogen-bond donors (Lipinski definition) is 0. The van der Waals surface area contributed by atoms with E-state index < -0.39 is 10.8 Å². The number of rotatable bonds is 5. The first kappa shape index (κ1) is 14.5. The van der Waals surface area contributed by atoms with Gasteiger partial charge in [0, 0.05) is 42.0 Å². The third-order valence-corrected chi connectivity index (χ3v) is 5.39. The van der Waals surface area contributed by atoms with Gasteiger partial charge in [0.15, 0.2) is 0 Å². The Bertz CT molecular complexity index is 611. The highest BCUT2D eigenvalue weighted by atomic mass is 32.2. The van der Waals surface area contributed by atoms with Gasteiger partial charge < -0.3 is 0 Å². The topological polar surface area (TPSA) is 38.1 Å². The summed E-state index contributed by atoms with van der Waals surface area (Å²) in [7, 11) is 1.04. The van der Waals surface area contributed by atoms with Crippen LogP contribution in [0.15, 0.2) is 47.6 Å². The van der Waals surface area contributed by atoms with Gasteiger partial charge >= 0.3 is 0 Å². The van der Waals surface area contributed by atoms with E-state index in [-0.39, 0.29) is 0 Å². The van der Waals surface area contributed by atoms with Crippen LogP contribution in [0.2, 0.25) is 0 Å². The zero-order valence-electron chi connectivity index (χ0n) is 12.3. The molecule has 0 amide bonds. The van der Waals surface area contributed by atoms with E-state index in [0.717, 1.165) is 18.0 Å².